The summed E-state index contributed by atoms with van der Waals surface area (Å²) in [4.78, 5) is 17.0. The van der Waals surface area contributed by atoms with Gasteiger partial charge in [-0.15, -0.1) is 10.2 Å². The van der Waals surface area contributed by atoms with Crippen molar-refractivity contribution in [2.75, 3.05) is 11.9 Å². The van der Waals surface area contributed by atoms with Crippen LogP contribution in [-0.2, 0) is 4.79 Å². The smallest absolute Gasteiger partial charge is 0.237 e. The molecular weight excluding hydrogens is 386 g/mol. The molecule has 1 amide bonds. The van der Waals surface area contributed by atoms with Crippen molar-refractivity contribution < 1.29 is 9.53 Å². The highest BCUT2D eigenvalue weighted by Gasteiger charge is 2.31. The third kappa shape index (κ3) is 4.42. The maximum Gasteiger partial charge on any atom is 0.237 e. The fourth-order valence-corrected chi connectivity index (χ4v) is 3.93. The quantitative estimate of drug-likeness (QED) is 0.562. The molecule has 0 saturated heterocycles. The van der Waals surface area contributed by atoms with Crippen molar-refractivity contribution in [1.29, 1.82) is 0 Å². The number of amides is 1. The van der Waals surface area contributed by atoms with Gasteiger partial charge in [0.05, 0.1) is 17.5 Å². The molecule has 4 rings (SSSR count). The molecule has 150 valence electrons. The summed E-state index contributed by atoms with van der Waals surface area (Å²) in [5.41, 5.74) is 1.60. The van der Waals surface area contributed by atoms with E-state index in [-0.39, 0.29) is 11.2 Å². The third-order valence-corrected chi connectivity index (χ3v) is 5.65. The first-order valence-electron chi connectivity index (χ1n) is 9.72. The number of pyridine rings is 1. The molecule has 3 aromatic rings. The van der Waals surface area contributed by atoms with Gasteiger partial charge in [-0.3, -0.25) is 14.3 Å². The zero-order valence-electron chi connectivity index (χ0n) is 16.4. The Bertz CT molecular complexity index is 988. The molecule has 2 heterocycles. The molecule has 0 spiro atoms. The number of aromatic nitrogens is 4. The van der Waals surface area contributed by atoms with Gasteiger partial charge in [-0.05, 0) is 51.0 Å². The molecule has 1 N–H and O–H groups in total. The van der Waals surface area contributed by atoms with Gasteiger partial charge in [0.25, 0.3) is 0 Å². The summed E-state index contributed by atoms with van der Waals surface area (Å²) in [5, 5.41) is 12.1. The van der Waals surface area contributed by atoms with E-state index in [4.69, 9.17) is 4.74 Å². The summed E-state index contributed by atoms with van der Waals surface area (Å²) in [5.74, 6) is 1.37. The number of benzene rings is 1. The van der Waals surface area contributed by atoms with E-state index in [0.717, 1.165) is 29.4 Å². The van der Waals surface area contributed by atoms with Gasteiger partial charge in [0.15, 0.2) is 11.0 Å². The summed E-state index contributed by atoms with van der Waals surface area (Å²) in [6.07, 6.45) is 5.73. The van der Waals surface area contributed by atoms with Crippen LogP contribution in [0.1, 0.15) is 32.7 Å². The van der Waals surface area contributed by atoms with Crippen LogP contribution in [0.5, 0.6) is 5.75 Å². The Kier molecular flexibility index (Phi) is 5.80. The number of para-hydroxylation sites is 2. The zero-order valence-corrected chi connectivity index (χ0v) is 17.2. The number of thioether (sulfide) groups is 1. The number of rotatable bonds is 8. The molecule has 2 aromatic heterocycles. The molecule has 8 heteroatoms. The average molecular weight is 410 g/mol. The average Bonchev–Trinajstić information content (AvgIpc) is 3.50. The summed E-state index contributed by atoms with van der Waals surface area (Å²) >= 11 is 1.42. The second-order valence-corrected chi connectivity index (χ2v) is 8.14. The summed E-state index contributed by atoms with van der Waals surface area (Å²) in [7, 11) is 0. The number of ether oxygens (including phenoxy) is 1. The van der Waals surface area contributed by atoms with Gasteiger partial charge >= 0.3 is 0 Å². The Morgan fingerprint density at radius 2 is 2.10 bits per heavy atom. The van der Waals surface area contributed by atoms with E-state index in [9.17, 15) is 4.79 Å². The van der Waals surface area contributed by atoms with Crippen LogP contribution in [0, 0.1) is 0 Å². The minimum Gasteiger partial charge on any atom is -0.492 e. The summed E-state index contributed by atoms with van der Waals surface area (Å²) < 4.78 is 7.73. The number of hydrogen-bond acceptors (Lipinski definition) is 6. The first-order chi connectivity index (χ1) is 14.2. The van der Waals surface area contributed by atoms with E-state index in [1.165, 1.54) is 11.8 Å². The van der Waals surface area contributed by atoms with Crippen LogP contribution in [-0.4, -0.2) is 37.5 Å². The predicted molar refractivity (Wildman–Crippen MR) is 113 cm³/mol. The molecule has 0 bridgehead atoms. The lowest BCUT2D eigenvalue weighted by Gasteiger charge is -2.15. The van der Waals surface area contributed by atoms with E-state index in [0.29, 0.717) is 24.1 Å². The highest BCUT2D eigenvalue weighted by molar-refractivity contribution is 8.00. The van der Waals surface area contributed by atoms with Crippen molar-refractivity contribution in [2.45, 2.75) is 43.1 Å². The minimum atomic E-state index is -0.340. The topological polar surface area (TPSA) is 81.9 Å². The number of nitrogens with one attached hydrogen (secondary N) is 1. The first kappa shape index (κ1) is 19.4. The maximum absolute atomic E-state index is 12.8. The van der Waals surface area contributed by atoms with Gasteiger partial charge in [-0.2, -0.15) is 0 Å². The third-order valence-electron chi connectivity index (χ3n) is 4.59. The van der Waals surface area contributed by atoms with Gasteiger partial charge in [-0.25, -0.2) is 0 Å². The van der Waals surface area contributed by atoms with Crippen LogP contribution < -0.4 is 10.1 Å². The predicted octanol–water partition coefficient (Wildman–Crippen LogP) is 4.19. The molecular formula is C21H23N5O2S. The number of carbonyl (C=O) groups excluding carboxylic acids is 1. The highest BCUT2D eigenvalue weighted by Crippen LogP contribution is 2.41. The number of nitrogens with zero attached hydrogens (tertiary/aromatic N) is 4. The standard InChI is InChI=1S/C21H23N5O2S/c1-3-28-18-9-5-4-8-17(18)23-20(27)14(2)29-21-25-24-19(26(21)16-10-11-16)15-7-6-12-22-13-15/h4-9,12-14,16H,3,10-11H2,1-2H3,(H,23,27)/t14-/m1/s1. The van der Waals surface area contributed by atoms with E-state index >= 15 is 0 Å². The molecule has 1 aliphatic rings. The number of carbonyl (C=O) groups is 1. The lowest BCUT2D eigenvalue weighted by Crippen LogP contribution is -2.23. The lowest BCUT2D eigenvalue weighted by atomic mass is 10.3. The van der Waals surface area contributed by atoms with Crippen LogP contribution in [0.3, 0.4) is 0 Å². The number of anilines is 1. The summed E-state index contributed by atoms with van der Waals surface area (Å²) in [6.45, 7) is 4.33. The Morgan fingerprint density at radius 1 is 1.28 bits per heavy atom. The SMILES string of the molecule is CCOc1ccccc1NC(=O)[C@@H](C)Sc1nnc(-c2cccnc2)n1C1CC1. The van der Waals surface area contributed by atoms with Crippen LogP contribution in [0.2, 0.25) is 0 Å². The van der Waals surface area contributed by atoms with Crippen molar-refractivity contribution in [3.8, 4) is 17.1 Å². The first-order valence-corrected chi connectivity index (χ1v) is 10.6. The van der Waals surface area contributed by atoms with Crippen molar-refractivity contribution >= 4 is 23.4 Å². The monoisotopic (exact) mass is 409 g/mol. The van der Waals surface area contributed by atoms with Crippen LogP contribution in [0.25, 0.3) is 11.4 Å². The minimum absolute atomic E-state index is 0.101. The van der Waals surface area contributed by atoms with Gasteiger partial charge in [0.2, 0.25) is 5.91 Å². The van der Waals surface area contributed by atoms with Crippen LogP contribution in [0.15, 0.2) is 53.9 Å². The van der Waals surface area contributed by atoms with Crippen molar-refractivity contribution in [2.24, 2.45) is 0 Å². The Balaban J connectivity index is 1.51. The molecule has 7 nitrogen and oxygen atoms in total. The highest BCUT2D eigenvalue weighted by atomic mass is 32.2. The fraction of sp³-hybridized carbons (Fsp3) is 0.333. The van der Waals surface area contributed by atoms with E-state index in [1.807, 2.05) is 50.2 Å². The molecule has 0 unspecified atom stereocenters. The molecule has 1 aromatic carbocycles. The number of hydrogen-bond donors (Lipinski definition) is 1. The second-order valence-electron chi connectivity index (χ2n) is 6.83. The summed E-state index contributed by atoms with van der Waals surface area (Å²) in [6, 6.07) is 11.7. The molecule has 29 heavy (non-hydrogen) atoms. The Morgan fingerprint density at radius 3 is 2.83 bits per heavy atom. The van der Waals surface area contributed by atoms with E-state index < -0.39 is 0 Å². The van der Waals surface area contributed by atoms with Crippen LogP contribution >= 0.6 is 11.8 Å². The van der Waals surface area contributed by atoms with E-state index in [1.54, 1.807) is 12.4 Å². The fourth-order valence-electron chi connectivity index (χ4n) is 3.01. The molecule has 0 aliphatic heterocycles. The van der Waals surface area contributed by atoms with E-state index in [2.05, 4.69) is 25.1 Å². The Hall–Kier alpha value is -2.87. The van der Waals surface area contributed by atoms with Gasteiger partial charge in [0, 0.05) is 24.0 Å². The molecule has 0 radical (unpaired) electrons. The second kappa shape index (κ2) is 8.65. The lowest BCUT2D eigenvalue weighted by molar-refractivity contribution is -0.115. The molecule has 1 saturated carbocycles. The molecule has 1 aliphatic carbocycles. The van der Waals surface area contributed by atoms with Gasteiger partial charge < -0.3 is 10.1 Å². The Labute approximate surface area is 173 Å². The zero-order chi connectivity index (χ0) is 20.2. The largest absolute Gasteiger partial charge is 0.492 e. The van der Waals surface area contributed by atoms with Gasteiger partial charge in [0.1, 0.15) is 5.75 Å². The normalized spacial score (nSPS) is 14.4. The van der Waals surface area contributed by atoms with Crippen molar-refractivity contribution in [3.63, 3.8) is 0 Å². The van der Waals surface area contributed by atoms with Gasteiger partial charge in [-0.1, -0.05) is 23.9 Å². The van der Waals surface area contributed by atoms with Crippen molar-refractivity contribution in [1.82, 2.24) is 19.7 Å². The van der Waals surface area contributed by atoms with Crippen LogP contribution in [0.4, 0.5) is 5.69 Å². The van der Waals surface area contributed by atoms with Crippen molar-refractivity contribution in [3.05, 3.63) is 48.8 Å². The molecule has 1 atom stereocenters. The molecule has 1 fully saturated rings. The maximum atomic E-state index is 12.8.